The molecule has 29 heavy (non-hydrogen) atoms. The van der Waals surface area contributed by atoms with E-state index in [1.165, 1.54) is 0 Å². The van der Waals surface area contributed by atoms with Gasteiger partial charge in [0.15, 0.2) is 0 Å². The van der Waals surface area contributed by atoms with Gasteiger partial charge in [-0.05, 0) is 36.6 Å². The highest BCUT2D eigenvalue weighted by atomic mass is 16.2. The standard InChI is InChI=1S/C23H21N5O/c29-23(25-22-13-14-24-27(22)16-17-7-3-1-4-8-17)21-15-20(18-11-12-18)26-28(21)19-9-5-2-6-10-19/h1-10,13-15,18H,11-12,16H2,(H,25,29). The average molecular weight is 383 g/mol. The van der Waals surface area contributed by atoms with Crippen molar-refractivity contribution in [2.24, 2.45) is 0 Å². The van der Waals surface area contributed by atoms with Crippen LogP contribution < -0.4 is 5.32 Å². The van der Waals surface area contributed by atoms with Crippen LogP contribution in [-0.2, 0) is 6.54 Å². The Morgan fingerprint density at radius 1 is 1.00 bits per heavy atom. The lowest BCUT2D eigenvalue weighted by Crippen LogP contribution is -2.19. The largest absolute Gasteiger partial charge is 0.305 e. The molecule has 1 amide bonds. The fourth-order valence-corrected chi connectivity index (χ4v) is 3.41. The number of para-hydroxylation sites is 1. The van der Waals surface area contributed by atoms with Crippen LogP contribution in [0.3, 0.4) is 0 Å². The van der Waals surface area contributed by atoms with Gasteiger partial charge in [0, 0.05) is 12.0 Å². The van der Waals surface area contributed by atoms with Crippen LogP contribution in [0.1, 0.15) is 40.5 Å². The lowest BCUT2D eigenvalue weighted by molar-refractivity contribution is 0.101. The first-order chi connectivity index (χ1) is 14.3. The molecule has 2 aromatic heterocycles. The van der Waals surface area contributed by atoms with Crippen molar-refractivity contribution in [3.05, 3.63) is 95.9 Å². The summed E-state index contributed by atoms with van der Waals surface area (Å²) in [5.74, 6) is 0.936. The molecule has 0 saturated heterocycles. The van der Waals surface area contributed by atoms with E-state index in [2.05, 4.69) is 10.4 Å². The Morgan fingerprint density at radius 2 is 1.72 bits per heavy atom. The van der Waals surface area contributed by atoms with E-state index >= 15 is 0 Å². The summed E-state index contributed by atoms with van der Waals surface area (Å²) >= 11 is 0. The summed E-state index contributed by atoms with van der Waals surface area (Å²) in [7, 11) is 0. The number of anilines is 1. The van der Waals surface area contributed by atoms with E-state index in [9.17, 15) is 4.79 Å². The van der Waals surface area contributed by atoms with E-state index < -0.39 is 0 Å². The highest BCUT2D eigenvalue weighted by Gasteiger charge is 2.29. The number of carbonyl (C=O) groups is 1. The second-order valence-corrected chi connectivity index (χ2v) is 7.29. The van der Waals surface area contributed by atoms with Gasteiger partial charge in [-0.1, -0.05) is 48.5 Å². The van der Waals surface area contributed by atoms with Crippen LogP contribution in [0, 0.1) is 0 Å². The third-order valence-corrected chi connectivity index (χ3v) is 5.09. The van der Waals surface area contributed by atoms with Gasteiger partial charge in [-0.3, -0.25) is 4.79 Å². The van der Waals surface area contributed by atoms with Crippen molar-refractivity contribution < 1.29 is 4.79 Å². The van der Waals surface area contributed by atoms with Crippen molar-refractivity contribution in [3.8, 4) is 5.69 Å². The predicted octanol–water partition coefficient (Wildman–Crippen LogP) is 4.25. The molecule has 2 aromatic carbocycles. The third-order valence-electron chi connectivity index (χ3n) is 5.09. The van der Waals surface area contributed by atoms with Crippen LogP contribution in [0.25, 0.3) is 5.69 Å². The molecular formula is C23H21N5O. The van der Waals surface area contributed by atoms with Crippen LogP contribution in [0.15, 0.2) is 79.0 Å². The van der Waals surface area contributed by atoms with Crippen molar-refractivity contribution in [2.75, 3.05) is 5.32 Å². The minimum absolute atomic E-state index is 0.192. The number of hydrogen-bond acceptors (Lipinski definition) is 3. The second-order valence-electron chi connectivity index (χ2n) is 7.29. The van der Waals surface area contributed by atoms with E-state index in [1.54, 1.807) is 15.6 Å². The number of hydrogen-bond donors (Lipinski definition) is 1. The maximum atomic E-state index is 13.2. The smallest absolute Gasteiger partial charge is 0.275 e. The molecule has 1 fully saturated rings. The molecule has 1 N–H and O–H groups in total. The molecule has 5 rings (SSSR count). The van der Waals surface area contributed by atoms with Gasteiger partial charge in [-0.15, -0.1) is 0 Å². The minimum Gasteiger partial charge on any atom is -0.305 e. The molecular weight excluding hydrogens is 362 g/mol. The number of carbonyl (C=O) groups excluding carboxylic acids is 1. The molecule has 2 heterocycles. The molecule has 4 aromatic rings. The van der Waals surface area contributed by atoms with Gasteiger partial charge in [0.1, 0.15) is 11.5 Å². The highest BCUT2D eigenvalue weighted by Crippen LogP contribution is 2.39. The van der Waals surface area contributed by atoms with Crippen LogP contribution in [0.5, 0.6) is 0 Å². The molecule has 0 unspecified atom stereocenters. The Kier molecular flexibility index (Phi) is 4.44. The van der Waals surface area contributed by atoms with Gasteiger partial charge in [0.05, 0.1) is 24.1 Å². The minimum atomic E-state index is -0.192. The van der Waals surface area contributed by atoms with Gasteiger partial charge in [-0.2, -0.15) is 10.2 Å². The van der Waals surface area contributed by atoms with E-state index in [-0.39, 0.29) is 5.91 Å². The van der Waals surface area contributed by atoms with Gasteiger partial charge < -0.3 is 5.32 Å². The molecule has 0 spiro atoms. The Hall–Kier alpha value is -3.67. The normalized spacial score (nSPS) is 13.4. The Labute approximate surface area is 168 Å². The van der Waals surface area contributed by atoms with Crippen LogP contribution in [0.2, 0.25) is 0 Å². The summed E-state index contributed by atoms with van der Waals surface area (Å²) in [4.78, 5) is 13.2. The summed E-state index contributed by atoms with van der Waals surface area (Å²) in [6.07, 6.45) is 3.97. The van der Waals surface area contributed by atoms with Crippen LogP contribution >= 0.6 is 0 Å². The van der Waals surface area contributed by atoms with E-state index in [0.717, 1.165) is 29.8 Å². The number of benzene rings is 2. The second kappa shape index (κ2) is 7.39. The molecule has 1 aliphatic rings. The Morgan fingerprint density at radius 3 is 2.45 bits per heavy atom. The number of rotatable bonds is 6. The molecule has 0 radical (unpaired) electrons. The lowest BCUT2D eigenvalue weighted by atomic mass is 10.2. The van der Waals surface area contributed by atoms with Crippen molar-refractivity contribution in [2.45, 2.75) is 25.3 Å². The quantitative estimate of drug-likeness (QED) is 0.541. The summed E-state index contributed by atoms with van der Waals surface area (Å²) in [6.45, 7) is 0.592. The first kappa shape index (κ1) is 17.4. The average Bonchev–Trinajstić information content (AvgIpc) is 3.37. The van der Waals surface area contributed by atoms with Gasteiger partial charge in [0.2, 0.25) is 0 Å². The van der Waals surface area contributed by atoms with Gasteiger partial charge in [0.25, 0.3) is 5.91 Å². The molecule has 0 bridgehead atoms. The fourth-order valence-electron chi connectivity index (χ4n) is 3.41. The molecule has 6 heteroatoms. The fraction of sp³-hybridized carbons (Fsp3) is 0.174. The maximum absolute atomic E-state index is 13.2. The number of aromatic nitrogens is 4. The maximum Gasteiger partial charge on any atom is 0.275 e. The zero-order valence-electron chi connectivity index (χ0n) is 15.9. The third kappa shape index (κ3) is 3.69. The van der Waals surface area contributed by atoms with Crippen LogP contribution in [-0.4, -0.2) is 25.5 Å². The van der Waals surface area contributed by atoms with Crippen LogP contribution in [0.4, 0.5) is 5.82 Å². The monoisotopic (exact) mass is 383 g/mol. The van der Waals surface area contributed by atoms with Gasteiger partial charge >= 0.3 is 0 Å². The van der Waals surface area contributed by atoms with Gasteiger partial charge in [-0.25, -0.2) is 9.36 Å². The molecule has 144 valence electrons. The first-order valence-corrected chi connectivity index (χ1v) is 9.80. The Balaban J connectivity index is 1.43. The summed E-state index contributed by atoms with van der Waals surface area (Å²) in [5.41, 5.74) is 3.52. The van der Waals surface area contributed by atoms with Crippen molar-refractivity contribution in [1.82, 2.24) is 19.6 Å². The molecule has 1 saturated carbocycles. The molecule has 0 aliphatic heterocycles. The molecule has 0 atom stereocenters. The first-order valence-electron chi connectivity index (χ1n) is 9.80. The summed E-state index contributed by atoms with van der Waals surface area (Å²) < 4.78 is 3.53. The van der Waals surface area contributed by atoms with E-state index in [4.69, 9.17) is 5.10 Å². The molecule has 6 nitrogen and oxygen atoms in total. The summed E-state index contributed by atoms with van der Waals surface area (Å²) in [5, 5.41) is 12.1. The SMILES string of the molecule is O=C(Nc1ccnn1Cc1ccccc1)c1cc(C2CC2)nn1-c1ccccc1. The topological polar surface area (TPSA) is 64.7 Å². The lowest BCUT2D eigenvalue weighted by Gasteiger charge is -2.10. The van der Waals surface area contributed by atoms with E-state index in [1.807, 2.05) is 72.8 Å². The van der Waals surface area contributed by atoms with Crippen molar-refractivity contribution in [1.29, 1.82) is 0 Å². The molecule has 1 aliphatic carbocycles. The number of nitrogens with one attached hydrogen (secondary N) is 1. The van der Waals surface area contributed by atoms with Crippen molar-refractivity contribution in [3.63, 3.8) is 0 Å². The summed E-state index contributed by atoms with van der Waals surface area (Å²) in [6, 6.07) is 23.6. The highest BCUT2D eigenvalue weighted by molar-refractivity contribution is 6.03. The number of amides is 1. The zero-order valence-corrected chi connectivity index (χ0v) is 15.9. The predicted molar refractivity (Wildman–Crippen MR) is 111 cm³/mol. The Bertz CT molecular complexity index is 1130. The number of nitrogens with zero attached hydrogens (tertiary/aromatic N) is 4. The van der Waals surface area contributed by atoms with Crippen molar-refractivity contribution >= 4 is 11.7 Å². The van der Waals surface area contributed by atoms with E-state index in [0.29, 0.717) is 24.0 Å². The zero-order chi connectivity index (χ0) is 19.6.